The van der Waals surface area contributed by atoms with Crippen LogP contribution in [0.2, 0.25) is 0 Å². The highest BCUT2D eigenvalue weighted by molar-refractivity contribution is 5.98. The number of hydrogen-bond acceptors (Lipinski definition) is 2. The van der Waals surface area contributed by atoms with E-state index in [4.69, 9.17) is 12.1 Å². The zero-order valence-electron chi connectivity index (χ0n) is 25.3. The van der Waals surface area contributed by atoms with Gasteiger partial charge >= 0.3 is 0 Å². The highest BCUT2D eigenvalue weighted by Crippen LogP contribution is 2.42. The molecular formula is C40H28N2O. The molecule has 8 aromatic rings. The molecule has 0 fully saturated rings. The average Bonchev–Trinajstić information content (AvgIpc) is 3.70. The summed E-state index contributed by atoms with van der Waals surface area (Å²) in [6, 6.07) is 50.3. The van der Waals surface area contributed by atoms with E-state index in [0.717, 1.165) is 55.7 Å². The Balaban J connectivity index is 1.43. The van der Waals surface area contributed by atoms with Gasteiger partial charge in [0, 0.05) is 19.3 Å². The van der Waals surface area contributed by atoms with Gasteiger partial charge in [-0.1, -0.05) is 127 Å². The zero-order chi connectivity index (χ0) is 30.4. The predicted molar refractivity (Wildman–Crippen MR) is 176 cm³/mol. The van der Waals surface area contributed by atoms with Gasteiger partial charge in [-0.25, -0.2) is 4.98 Å². The van der Waals surface area contributed by atoms with Gasteiger partial charge in [0.15, 0.2) is 0 Å². The summed E-state index contributed by atoms with van der Waals surface area (Å²) in [6.45, 7) is 0. The molecule has 0 bridgehead atoms. The van der Waals surface area contributed by atoms with Crippen LogP contribution in [0.15, 0.2) is 162 Å². The summed E-state index contributed by atoms with van der Waals surface area (Å²) in [4.78, 5) is 5.21. The number of nitrogens with zero attached hydrogens (tertiary/aromatic N) is 2. The molecule has 43 heavy (non-hydrogen) atoms. The van der Waals surface area contributed by atoms with Crippen molar-refractivity contribution in [3.8, 4) is 39.3 Å². The van der Waals surface area contributed by atoms with Crippen molar-refractivity contribution in [3.63, 3.8) is 0 Å². The van der Waals surface area contributed by atoms with Gasteiger partial charge < -0.3 is 4.42 Å². The van der Waals surface area contributed by atoms with Crippen molar-refractivity contribution in [2.45, 2.75) is 6.37 Å². The minimum Gasteiger partial charge on any atom is -0.464 e. The van der Waals surface area contributed by atoms with Gasteiger partial charge in [0.05, 0.1) is 22.3 Å². The molecule has 3 nitrogen and oxygen atoms in total. The lowest BCUT2D eigenvalue weighted by atomic mass is 9.95. The van der Waals surface area contributed by atoms with E-state index in [9.17, 15) is 0 Å². The first-order chi connectivity index (χ1) is 22.1. The number of benzene rings is 6. The second-order valence-corrected chi connectivity index (χ2v) is 10.5. The van der Waals surface area contributed by atoms with Crippen molar-refractivity contribution in [3.05, 3.63) is 169 Å². The van der Waals surface area contributed by atoms with Crippen molar-refractivity contribution in [1.82, 2.24) is 9.55 Å². The monoisotopic (exact) mass is 554 g/mol. The Labute approximate surface area is 253 Å². The third kappa shape index (κ3) is 4.52. The van der Waals surface area contributed by atoms with Crippen LogP contribution in [0.25, 0.3) is 61.3 Å². The maximum atomic E-state index is 9.04. The molecular weight excluding hydrogens is 524 g/mol. The fourth-order valence-corrected chi connectivity index (χ4v) is 5.89. The summed E-state index contributed by atoms with van der Waals surface area (Å²) in [5.41, 5.74) is 9.84. The predicted octanol–water partition coefficient (Wildman–Crippen LogP) is 10.4. The van der Waals surface area contributed by atoms with Gasteiger partial charge in [0.1, 0.15) is 17.7 Å². The Morgan fingerprint density at radius 3 is 1.91 bits per heavy atom. The van der Waals surface area contributed by atoms with Crippen LogP contribution < -0.4 is 0 Å². The Hall–Kier alpha value is -5.67. The first-order valence-electron chi connectivity index (χ1n) is 15.4. The van der Waals surface area contributed by atoms with E-state index >= 15 is 0 Å². The fourth-order valence-electron chi connectivity index (χ4n) is 5.89. The minimum absolute atomic E-state index is 0.557. The summed E-state index contributed by atoms with van der Waals surface area (Å²) in [6.07, 6.45) is 0.0576. The largest absolute Gasteiger partial charge is 0.464 e. The Kier molecular flexibility index (Phi) is 5.67. The molecule has 0 aliphatic heterocycles. The fraction of sp³-hybridized carbons (Fsp3) is 0.0250. The molecule has 2 heterocycles. The molecule has 204 valence electrons. The van der Waals surface area contributed by atoms with Crippen LogP contribution in [0.4, 0.5) is 0 Å². The summed E-state index contributed by atoms with van der Waals surface area (Å²) in [5, 5.41) is 0.808. The van der Waals surface area contributed by atoms with Crippen LogP contribution in [-0.2, 0) is 6.37 Å². The lowest BCUT2D eigenvalue weighted by molar-refractivity contribution is 0.616. The van der Waals surface area contributed by atoms with Crippen molar-refractivity contribution in [2.75, 3.05) is 0 Å². The highest BCUT2D eigenvalue weighted by atomic mass is 16.3. The van der Waals surface area contributed by atoms with Crippen LogP contribution in [0.3, 0.4) is 0 Å². The summed E-state index contributed by atoms with van der Waals surface area (Å²) >= 11 is 0. The smallest absolute Gasteiger partial charge is 0.149 e. The second-order valence-electron chi connectivity index (χ2n) is 10.5. The van der Waals surface area contributed by atoms with Crippen molar-refractivity contribution in [2.24, 2.45) is 0 Å². The van der Waals surface area contributed by atoms with E-state index in [1.54, 1.807) is 6.26 Å². The van der Waals surface area contributed by atoms with E-state index in [2.05, 4.69) is 77.4 Å². The number of para-hydroxylation sites is 3. The Bertz CT molecular complexity index is 2230. The molecule has 0 N–H and O–H groups in total. The standard InChI is InChI=1S/C40H28N2O/c1-4-13-28(14-5-1)25-29-23-24-38-34(26-29)35(27-43-38)40-41-36-21-10-11-22-37(36)42(40)39-32(30-15-6-2-7-16-30)19-12-20-33(39)31-17-8-3-9-18-31/h1-24,26-27H,25H2/i25D2. The topological polar surface area (TPSA) is 31.0 Å². The first-order valence-corrected chi connectivity index (χ1v) is 14.4. The SMILES string of the molecule is [2H]C([2H])(c1ccccc1)c1ccc2occ(-c3nc4ccccc4n3-c3c(-c4ccccc4)cccc3-c3ccccc3)c2c1. The molecule has 0 aliphatic rings. The van der Waals surface area contributed by atoms with Crippen molar-refractivity contribution < 1.29 is 7.16 Å². The number of imidazole rings is 1. The summed E-state index contributed by atoms with van der Waals surface area (Å²) in [5.74, 6) is 0.730. The zero-order valence-corrected chi connectivity index (χ0v) is 23.3. The number of aromatic nitrogens is 2. The van der Waals surface area contributed by atoms with Crippen LogP contribution in [0.1, 0.15) is 13.9 Å². The molecule has 0 amide bonds. The van der Waals surface area contributed by atoms with E-state index in [1.807, 2.05) is 78.9 Å². The van der Waals surface area contributed by atoms with Gasteiger partial charge in [0.2, 0.25) is 0 Å². The van der Waals surface area contributed by atoms with Gasteiger partial charge in [-0.2, -0.15) is 0 Å². The number of furan rings is 1. The first kappa shape index (κ1) is 23.0. The second kappa shape index (κ2) is 10.6. The lowest BCUT2D eigenvalue weighted by Crippen LogP contribution is -2.03. The van der Waals surface area contributed by atoms with Crippen molar-refractivity contribution in [1.29, 1.82) is 0 Å². The van der Waals surface area contributed by atoms with Gasteiger partial charge in [-0.15, -0.1) is 0 Å². The molecule has 0 unspecified atom stereocenters. The third-order valence-corrected chi connectivity index (χ3v) is 7.87. The van der Waals surface area contributed by atoms with Gasteiger partial charge in [-0.3, -0.25) is 4.57 Å². The number of fused-ring (bicyclic) bond motifs is 2. The molecule has 8 rings (SSSR count). The van der Waals surface area contributed by atoms with E-state index in [1.165, 1.54) is 0 Å². The quantitative estimate of drug-likeness (QED) is 0.205. The molecule has 0 saturated carbocycles. The molecule has 0 spiro atoms. The maximum Gasteiger partial charge on any atom is 0.149 e. The normalized spacial score (nSPS) is 12.4. The van der Waals surface area contributed by atoms with E-state index in [-0.39, 0.29) is 0 Å². The third-order valence-electron chi connectivity index (χ3n) is 7.87. The van der Waals surface area contributed by atoms with Gasteiger partial charge in [0.25, 0.3) is 0 Å². The lowest BCUT2D eigenvalue weighted by Gasteiger charge is -2.19. The Morgan fingerprint density at radius 2 is 1.21 bits per heavy atom. The summed E-state index contributed by atoms with van der Waals surface area (Å²) in [7, 11) is 0. The van der Waals surface area contributed by atoms with E-state index < -0.39 is 6.37 Å². The number of rotatable bonds is 6. The molecule has 0 atom stereocenters. The minimum atomic E-state index is -1.69. The van der Waals surface area contributed by atoms with Crippen LogP contribution in [0.5, 0.6) is 0 Å². The molecule has 2 aromatic heterocycles. The van der Waals surface area contributed by atoms with Crippen LogP contribution >= 0.6 is 0 Å². The van der Waals surface area contributed by atoms with Crippen LogP contribution in [-0.4, -0.2) is 9.55 Å². The Morgan fingerprint density at radius 1 is 0.581 bits per heavy atom. The van der Waals surface area contributed by atoms with Crippen molar-refractivity contribution >= 4 is 22.0 Å². The molecule has 0 aliphatic carbocycles. The average molecular weight is 555 g/mol. The molecule has 0 radical (unpaired) electrons. The molecule has 6 aromatic carbocycles. The van der Waals surface area contributed by atoms with Crippen LogP contribution in [0, 0.1) is 0 Å². The number of hydrogen-bond donors (Lipinski definition) is 0. The maximum absolute atomic E-state index is 9.04. The summed E-state index contributed by atoms with van der Waals surface area (Å²) < 4.78 is 26.4. The van der Waals surface area contributed by atoms with Gasteiger partial charge in [-0.05, 0) is 52.9 Å². The molecule has 0 saturated heterocycles. The van der Waals surface area contributed by atoms with E-state index in [0.29, 0.717) is 16.7 Å². The highest BCUT2D eigenvalue weighted by Gasteiger charge is 2.23. The molecule has 3 heteroatoms.